The number of sulfonamides is 1. The first-order valence-electron chi connectivity index (χ1n) is 10.4. The molecular weight excluding hydrogens is 424 g/mol. The van der Waals surface area contributed by atoms with Crippen LogP contribution in [0.4, 0.5) is 0 Å². The van der Waals surface area contributed by atoms with Crippen molar-refractivity contribution in [1.29, 1.82) is 5.26 Å². The number of carbonyl (C=O) groups is 1. The molecule has 32 heavy (non-hydrogen) atoms. The Bertz CT molecular complexity index is 1300. The molecule has 1 aromatic heterocycles. The number of carbonyl (C=O) groups excluding carboxylic acids is 1. The predicted molar refractivity (Wildman–Crippen MR) is 121 cm³/mol. The number of hydrogen-bond donors (Lipinski definition) is 0. The van der Waals surface area contributed by atoms with Gasteiger partial charge in [0.05, 0.1) is 16.0 Å². The summed E-state index contributed by atoms with van der Waals surface area (Å²) >= 11 is 0. The van der Waals surface area contributed by atoms with E-state index in [1.807, 2.05) is 60.9 Å². The maximum atomic E-state index is 13.2. The normalized spacial score (nSPS) is 14.8. The zero-order chi connectivity index (χ0) is 22.9. The van der Waals surface area contributed by atoms with Gasteiger partial charge in [-0.1, -0.05) is 30.3 Å². The van der Waals surface area contributed by atoms with Gasteiger partial charge in [-0.05, 0) is 44.2 Å². The third-order valence-electron chi connectivity index (χ3n) is 5.83. The molecule has 0 aliphatic carbocycles. The van der Waals surface area contributed by atoms with Gasteiger partial charge in [0.1, 0.15) is 6.07 Å². The van der Waals surface area contributed by atoms with Gasteiger partial charge < -0.3 is 9.47 Å². The topological polar surface area (TPSA) is 86.4 Å². The van der Waals surface area contributed by atoms with E-state index in [4.69, 9.17) is 0 Å². The number of benzene rings is 2. The molecular formula is C24H24N4O3S. The number of para-hydroxylation sites is 1. The van der Waals surface area contributed by atoms with E-state index in [0.29, 0.717) is 18.7 Å². The van der Waals surface area contributed by atoms with Crippen molar-refractivity contribution < 1.29 is 13.2 Å². The van der Waals surface area contributed by atoms with Crippen LogP contribution in [-0.2, 0) is 10.0 Å². The summed E-state index contributed by atoms with van der Waals surface area (Å²) < 4.78 is 29.5. The molecule has 2 heterocycles. The SMILES string of the molecule is Cc1cc(C(=O)N2CCN(S(=O)(=O)c3ccccc3C#N)CC2)c(C)n1-c1ccccc1. The van der Waals surface area contributed by atoms with Crippen LogP contribution in [0.2, 0.25) is 0 Å². The van der Waals surface area contributed by atoms with Gasteiger partial charge in [0.15, 0.2) is 0 Å². The Morgan fingerprint density at radius 2 is 1.56 bits per heavy atom. The zero-order valence-electron chi connectivity index (χ0n) is 18.0. The average molecular weight is 449 g/mol. The minimum absolute atomic E-state index is 0.00804. The van der Waals surface area contributed by atoms with E-state index in [2.05, 4.69) is 0 Å². The van der Waals surface area contributed by atoms with Crippen molar-refractivity contribution in [2.45, 2.75) is 18.7 Å². The highest BCUT2D eigenvalue weighted by molar-refractivity contribution is 7.89. The molecule has 3 aromatic rings. The van der Waals surface area contributed by atoms with Crippen molar-refractivity contribution in [3.8, 4) is 11.8 Å². The number of aromatic nitrogens is 1. The molecule has 0 unspecified atom stereocenters. The lowest BCUT2D eigenvalue weighted by atomic mass is 10.2. The molecule has 1 fully saturated rings. The van der Waals surface area contributed by atoms with Crippen LogP contribution in [0.1, 0.15) is 27.3 Å². The fourth-order valence-corrected chi connectivity index (χ4v) is 5.74. The first kappa shape index (κ1) is 21.8. The zero-order valence-corrected chi connectivity index (χ0v) is 18.8. The summed E-state index contributed by atoms with van der Waals surface area (Å²) in [5, 5.41) is 9.27. The van der Waals surface area contributed by atoms with Gasteiger partial charge in [-0.15, -0.1) is 0 Å². The monoisotopic (exact) mass is 448 g/mol. The lowest BCUT2D eigenvalue weighted by Gasteiger charge is -2.34. The molecule has 1 aliphatic rings. The molecule has 0 bridgehead atoms. The summed E-state index contributed by atoms with van der Waals surface area (Å²) in [4.78, 5) is 14.9. The van der Waals surface area contributed by atoms with Crippen molar-refractivity contribution in [1.82, 2.24) is 13.8 Å². The standard InChI is InChI=1S/C24H24N4O3S/c1-18-16-22(19(2)28(18)21-9-4-3-5-10-21)24(29)26-12-14-27(15-13-26)32(30,31)23-11-7-6-8-20(23)17-25/h3-11,16H,12-15H2,1-2H3. The lowest BCUT2D eigenvalue weighted by molar-refractivity contribution is 0.0697. The quantitative estimate of drug-likeness (QED) is 0.614. The van der Waals surface area contributed by atoms with Crippen LogP contribution in [-0.4, -0.2) is 54.3 Å². The highest BCUT2D eigenvalue weighted by atomic mass is 32.2. The molecule has 4 rings (SSSR count). The fourth-order valence-electron chi connectivity index (χ4n) is 4.18. The number of amides is 1. The number of rotatable bonds is 4. The Labute approximate surface area is 188 Å². The number of piperazine rings is 1. The summed E-state index contributed by atoms with van der Waals surface area (Å²) in [6.07, 6.45) is 0. The summed E-state index contributed by atoms with van der Waals surface area (Å²) in [5.41, 5.74) is 3.56. The number of nitriles is 1. The average Bonchev–Trinajstić information content (AvgIpc) is 3.12. The van der Waals surface area contributed by atoms with Crippen molar-refractivity contribution >= 4 is 15.9 Å². The van der Waals surface area contributed by atoms with Gasteiger partial charge in [-0.2, -0.15) is 9.57 Å². The summed E-state index contributed by atoms with van der Waals surface area (Å²) in [5.74, 6) is -0.102. The Morgan fingerprint density at radius 1 is 0.938 bits per heavy atom. The molecule has 1 aliphatic heterocycles. The van der Waals surface area contributed by atoms with E-state index in [-0.39, 0.29) is 29.5 Å². The molecule has 0 atom stereocenters. The Morgan fingerprint density at radius 3 is 2.22 bits per heavy atom. The minimum Gasteiger partial charge on any atom is -0.336 e. The molecule has 7 nitrogen and oxygen atoms in total. The molecule has 0 N–H and O–H groups in total. The number of nitrogens with zero attached hydrogens (tertiary/aromatic N) is 4. The third kappa shape index (κ3) is 3.81. The molecule has 8 heteroatoms. The van der Waals surface area contributed by atoms with E-state index in [0.717, 1.165) is 17.1 Å². The molecule has 1 saturated heterocycles. The highest BCUT2D eigenvalue weighted by Gasteiger charge is 2.32. The first-order valence-corrected chi connectivity index (χ1v) is 11.8. The van der Waals surface area contributed by atoms with Gasteiger partial charge in [0.25, 0.3) is 5.91 Å². The second-order valence-electron chi connectivity index (χ2n) is 7.76. The van der Waals surface area contributed by atoms with Crippen LogP contribution in [0.15, 0.2) is 65.6 Å². The molecule has 1 amide bonds. The maximum absolute atomic E-state index is 13.2. The van der Waals surface area contributed by atoms with Gasteiger partial charge in [-0.25, -0.2) is 8.42 Å². The minimum atomic E-state index is -3.80. The van der Waals surface area contributed by atoms with Crippen molar-refractivity contribution in [3.05, 3.63) is 83.2 Å². The van der Waals surface area contributed by atoms with Crippen LogP contribution < -0.4 is 0 Å². The van der Waals surface area contributed by atoms with Crippen LogP contribution in [0, 0.1) is 25.2 Å². The summed E-state index contributed by atoms with van der Waals surface area (Å²) in [6.45, 7) is 4.85. The lowest BCUT2D eigenvalue weighted by Crippen LogP contribution is -2.50. The number of hydrogen-bond acceptors (Lipinski definition) is 4. The molecule has 0 radical (unpaired) electrons. The third-order valence-corrected chi connectivity index (χ3v) is 7.78. The van der Waals surface area contributed by atoms with E-state index in [1.54, 1.807) is 17.0 Å². The van der Waals surface area contributed by atoms with Gasteiger partial charge in [0, 0.05) is 43.3 Å². The molecule has 164 valence electrons. The molecule has 2 aromatic carbocycles. The summed E-state index contributed by atoms with van der Waals surface area (Å²) in [6, 6.07) is 19.9. The fraction of sp³-hybridized carbons (Fsp3) is 0.250. The van der Waals surface area contributed by atoms with Crippen LogP contribution in [0.25, 0.3) is 5.69 Å². The smallest absolute Gasteiger partial charge is 0.255 e. The first-order chi connectivity index (χ1) is 15.3. The van der Waals surface area contributed by atoms with Gasteiger partial charge >= 0.3 is 0 Å². The van der Waals surface area contributed by atoms with Crippen molar-refractivity contribution in [2.24, 2.45) is 0 Å². The molecule has 0 saturated carbocycles. The van der Waals surface area contributed by atoms with E-state index < -0.39 is 10.0 Å². The van der Waals surface area contributed by atoms with Crippen LogP contribution >= 0.6 is 0 Å². The van der Waals surface area contributed by atoms with Gasteiger partial charge in [-0.3, -0.25) is 4.79 Å². The Balaban J connectivity index is 1.52. The largest absolute Gasteiger partial charge is 0.336 e. The highest BCUT2D eigenvalue weighted by Crippen LogP contribution is 2.24. The van der Waals surface area contributed by atoms with Crippen molar-refractivity contribution in [3.63, 3.8) is 0 Å². The van der Waals surface area contributed by atoms with Crippen molar-refractivity contribution in [2.75, 3.05) is 26.2 Å². The number of aryl methyl sites for hydroxylation is 1. The Kier molecular flexibility index (Phi) is 5.87. The Hall–Kier alpha value is -3.41. The van der Waals surface area contributed by atoms with Gasteiger partial charge in [0.2, 0.25) is 10.0 Å². The van der Waals surface area contributed by atoms with E-state index >= 15 is 0 Å². The van der Waals surface area contributed by atoms with E-state index in [1.165, 1.54) is 16.4 Å². The second kappa shape index (κ2) is 8.61. The maximum Gasteiger partial charge on any atom is 0.255 e. The van der Waals surface area contributed by atoms with E-state index in [9.17, 15) is 18.5 Å². The van der Waals surface area contributed by atoms with Crippen LogP contribution in [0.5, 0.6) is 0 Å². The predicted octanol–water partition coefficient (Wildman–Crippen LogP) is 3.11. The molecule has 0 spiro atoms. The second-order valence-corrected chi connectivity index (χ2v) is 9.67. The summed E-state index contributed by atoms with van der Waals surface area (Å²) in [7, 11) is -3.80. The van der Waals surface area contributed by atoms with Crippen LogP contribution in [0.3, 0.4) is 0 Å².